The van der Waals surface area contributed by atoms with E-state index in [1.165, 1.54) is 54.6 Å². The van der Waals surface area contributed by atoms with Crippen molar-refractivity contribution in [3.8, 4) is 33.4 Å². The Kier molecular flexibility index (Phi) is 5.70. The molecule has 50 heavy (non-hydrogen) atoms. The summed E-state index contributed by atoms with van der Waals surface area (Å²) in [6.07, 6.45) is 0. The molecule has 11 aromatic rings. The van der Waals surface area contributed by atoms with Crippen LogP contribution in [-0.2, 0) is 0 Å². The van der Waals surface area contributed by atoms with Gasteiger partial charge in [-0.25, -0.2) is 0 Å². The predicted octanol–water partition coefficient (Wildman–Crippen LogP) is 13.9. The highest BCUT2D eigenvalue weighted by Crippen LogP contribution is 2.49. The molecule has 0 saturated carbocycles. The summed E-state index contributed by atoms with van der Waals surface area (Å²) >= 11 is 0. The molecule has 0 atom stereocenters. The molecule has 2 aromatic heterocycles. The monoisotopic (exact) mass is 636 g/mol. The summed E-state index contributed by atoms with van der Waals surface area (Å²) in [7, 11) is 0. The fourth-order valence-electron chi connectivity index (χ4n) is 8.20. The van der Waals surface area contributed by atoms with E-state index >= 15 is 0 Å². The van der Waals surface area contributed by atoms with E-state index in [0.717, 1.165) is 55.0 Å². The molecule has 0 fully saturated rings. The van der Waals surface area contributed by atoms with Crippen LogP contribution in [0.1, 0.15) is 0 Å². The molecule has 0 aliphatic rings. The van der Waals surface area contributed by atoms with Crippen molar-refractivity contribution in [3.63, 3.8) is 0 Å². The van der Waals surface area contributed by atoms with Crippen molar-refractivity contribution < 1.29 is 8.83 Å². The average Bonchev–Trinajstić information content (AvgIpc) is 3.76. The first kappa shape index (κ1) is 27.3. The minimum atomic E-state index is 0.897. The number of fused-ring (bicyclic) bond motifs is 9. The molecule has 232 valence electrons. The lowest BCUT2D eigenvalue weighted by Gasteiger charge is -2.19. The molecule has 0 radical (unpaired) electrons. The summed E-state index contributed by atoms with van der Waals surface area (Å²) < 4.78 is 13.4. The molecule has 0 aliphatic heterocycles. The summed E-state index contributed by atoms with van der Waals surface area (Å²) in [5.74, 6) is 0. The number of furan rings is 2. The van der Waals surface area contributed by atoms with E-state index in [1.807, 2.05) is 12.1 Å². The van der Waals surface area contributed by atoms with Gasteiger partial charge in [0, 0.05) is 43.8 Å². The molecule has 11 rings (SSSR count). The van der Waals surface area contributed by atoms with Crippen LogP contribution in [0.2, 0.25) is 0 Å². The maximum Gasteiger partial charge on any atom is 0.143 e. The maximum atomic E-state index is 6.69. The number of hydrogen-bond acceptors (Lipinski definition) is 2. The topological polar surface area (TPSA) is 26.3 Å². The minimum Gasteiger partial charge on any atom is -0.455 e. The van der Waals surface area contributed by atoms with Gasteiger partial charge in [-0.3, -0.25) is 0 Å². The predicted molar refractivity (Wildman–Crippen MR) is 210 cm³/mol. The van der Waals surface area contributed by atoms with Gasteiger partial charge in [0.2, 0.25) is 0 Å². The van der Waals surface area contributed by atoms with Gasteiger partial charge < -0.3 is 8.83 Å². The van der Waals surface area contributed by atoms with Gasteiger partial charge in [0.25, 0.3) is 0 Å². The smallest absolute Gasteiger partial charge is 0.143 e. The molecule has 0 unspecified atom stereocenters. The molecule has 0 saturated heterocycles. The first-order valence-electron chi connectivity index (χ1n) is 17.1. The third-order valence-electron chi connectivity index (χ3n) is 10.5. The molecule has 9 aromatic carbocycles. The summed E-state index contributed by atoms with van der Waals surface area (Å²) in [6.45, 7) is 0. The zero-order valence-corrected chi connectivity index (χ0v) is 27.0. The summed E-state index contributed by atoms with van der Waals surface area (Å²) in [4.78, 5) is 0. The largest absolute Gasteiger partial charge is 0.455 e. The number of para-hydroxylation sites is 4. The van der Waals surface area contributed by atoms with Gasteiger partial charge in [-0.15, -0.1) is 0 Å². The van der Waals surface area contributed by atoms with Crippen molar-refractivity contribution in [1.29, 1.82) is 0 Å². The molecular formula is C48H28O2. The molecule has 0 spiro atoms. The Morgan fingerprint density at radius 2 is 0.740 bits per heavy atom. The van der Waals surface area contributed by atoms with Crippen LogP contribution in [0, 0.1) is 0 Å². The highest BCUT2D eigenvalue weighted by molar-refractivity contribution is 6.26. The Hall–Kier alpha value is -6.64. The van der Waals surface area contributed by atoms with Crippen molar-refractivity contribution in [1.82, 2.24) is 0 Å². The first-order chi connectivity index (χ1) is 24.8. The van der Waals surface area contributed by atoms with E-state index < -0.39 is 0 Å². The third-order valence-corrected chi connectivity index (χ3v) is 10.5. The molecule has 0 bridgehead atoms. The van der Waals surface area contributed by atoms with E-state index in [0.29, 0.717) is 0 Å². The van der Waals surface area contributed by atoms with E-state index in [1.54, 1.807) is 0 Å². The van der Waals surface area contributed by atoms with E-state index in [2.05, 4.69) is 158 Å². The standard InChI is InChI=1S/C48H28O2/c1-2-12-30-27-31(24-23-29(30)11-1)32-25-26-37-42(28-32)46(41-20-10-18-39-34-14-6-8-22-44(34)50-48(39)41)36-16-4-3-15-35(36)45(37)40-19-9-17-38-33-13-5-7-21-43(33)49-47(38)40/h1-28H. The molecule has 0 N–H and O–H groups in total. The van der Waals surface area contributed by atoms with Crippen LogP contribution in [0.5, 0.6) is 0 Å². The maximum absolute atomic E-state index is 6.69. The molecule has 0 amide bonds. The van der Waals surface area contributed by atoms with Crippen molar-refractivity contribution in [2.24, 2.45) is 0 Å². The fourth-order valence-corrected chi connectivity index (χ4v) is 8.20. The molecular weight excluding hydrogens is 609 g/mol. The van der Waals surface area contributed by atoms with Crippen LogP contribution < -0.4 is 0 Å². The first-order valence-corrected chi connectivity index (χ1v) is 17.1. The van der Waals surface area contributed by atoms with Crippen molar-refractivity contribution >= 4 is 76.2 Å². The van der Waals surface area contributed by atoms with Crippen LogP contribution in [0.15, 0.2) is 179 Å². The SMILES string of the molecule is c1ccc2cc(-c3ccc4c(-c5cccc6c5oc5ccccc56)c5ccccc5c(-c5cccc6c5oc5ccccc56)c4c3)ccc2c1. The molecule has 0 aliphatic carbocycles. The van der Waals surface area contributed by atoms with Gasteiger partial charge in [0.05, 0.1) is 0 Å². The quantitative estimate of drug-likeness (QED) is 0.180. The summed E-state index contributed by atoms with van der Waals surface area (Å²) in [5.41, 5.74) is 10.5. The number of benzene rings is 9. The Balaban J connectivity index is 1.30. The normalized spacial score (nSPS) is 12.0. The van der Waals surface area contributed by atoms with Crippen LogP contribution in [0.4, 0.5) is 0 Å². The van der Waals surface area contributed by atoms with Crippen molar-refractivity contribution in [2.75, 3.05) is 0 Å². The van der Waals surface area contributed by atoms with Crippen molar-refractivity contribution in [2.45, 2.75) is 0 Å². The van der Waals surface area contributed by atoms with E-state index in [-0.39, 0.29) is 0 Å². The minimum absolute atomic E-state index is 0.897. The number of rotatable bonds is 3. The zero-order valence-electron chi connectivity index (χ0n) is 27.0. The summed E-state index contributed by atoms with van der Waals surface area (Å²) in [5, 5.41) is 11.7. The van der Waals surface area contributed by atoms with Crippen LogP contribution >= 0.6 is 0 Å². The van der Waals surface area contributed by atoms with E-state index in [9.17, 15) is 0 Å². The molecule has 2 heterocycles. The second-order valence-electron chi connectivity index (χ2n) is 13.2. The van der Waals surface area contributed by atoms with Gasteiger partial charge in [0.15, 0.2) is 0 Å². The molecule has 2 heteroatoms. The lowest BCUT2D eigenvalue weighted by Crippen LogP contribution is -1.92. The second kappa shape index (κ2) is 10.4. The van der Waals surface area contributed by atoms with Gasteiger partial charge in [-0.2, -0.15) is 0 Å². The summed E-state index contributed by atoms with van der Waals surface area (Å²) in [6, 6.07) is 60.8. The van der Waals surface area contributed by atoms with Gasteiger partial charge in [-0.05, 0) is 67.7 Å². The Morgan fingerprint density at radius 1 is 0.280 bits per heavy atom. The van der Waals surface area contributed by atoms with Gasteiger partial charge >= 0.3 is 0 Å². The average molecular weight is 637 g/mol. The zero-order chi connectivity index (χ0) is 32.8. The van der Waals surface area contributed by atoms with Crippen LogP contribution in [0.3, 0.4) is 0 Å². The Morgan fingerprint density at radius 3 is 1.38 bits per heavy atom. The van der Waals surface area contributed by atoms with Gasteiger partial charge in [-0.1, -0.05) is 146 Å². The Labute approximate surface area is 287 Å². The third kappa shape index (κ3) is 3.90. The van der Waals surface area contributed by atoms with Crippen molar-refractivity contribution in [3.05, 3.63) is 170 Å². The second-order valence-corrected chi connectivity index (χ2v) is 13.2. The van der Waals surface area contributed by atoms with E-state index in [4.69, 9.17) is 8.83 Å². The van der Waals surface area contributed by atoms with Crippen LogP contribution in [-0.4, -0.2) is 0 Å². The highest BCUT2D eigenvalue weighted by atomic mass is 16.3. The number of hydrogen-bond donors (Lipinski definition) is 0. The van der Waals surface area contributed by atoms with Gasteiger partial charge in [0.1, 0.15) is 22.3 Å². The lowest BCUT2D eigenvalue weighted by molar-refractivity contribution is 0.669. The Bertz CT molecular complexity index is 3160. The fraction of sp³-hybridized carbons (Fsp3) is 0. The molecule has 2 nitrogen and oxygen atoms in total. The van der Waals surface area contributed by atoms with Crippen LogP contribution in [0.25, 0.3) is 110 Å². The highest BCUT2D eigenvalue weighted by Gasteiger charge is 2.23. The lowest BCUT2D eigenvalue weighted by atomic mass is 9.84.